The monoisotopic (exact) mass is 282 g/mol. The molecule has 0 spiro atoms. The van der Waals surface area contributed by atoms with Crippen LogP contribution in [0.1, 0.15) is 12.5 Å². The summed E-state index contributed by atoms with van der Waals surface area (Å²) in [5.41, 5.74) is 0.979. The van der Waals surface area contributed by atoms with Gasteiger partial charge >= 0.3 is 0 Å². The average Bonchev–Trinajstić information content (AvgIpc) is 2.45. The number of nitrogens with one attached hydrogen (secondary N) is 2. The molecule has 0 saturated heterocycles. The van der Waals surface area contributed by atoms with Crippen molar-refractivity contribution >= 4 is 17.7 Å². The molecule has 0 fully saturated rings. The van der Waals surface area contributed by atoms with Crippen LogP contribution in [-0.4, -0.2) is 43.2 Å². The minimum Gasteiger partial charge on any atom is -0.481 e. The Morgan fingerprint density at radius 2 is 2.32 bits per heavy atom. The van der Waals surface area contributed by atoms with Crippen molar-refractivity contribution in [3.05, 3.63) is 23.9 Å². The predicted molar refractivity (Wildman–Crippen MR) is 82.0 cm³/mol. The fraction of sp³-hybridized carbons (Fsp3) is 0.538. The molecule has 0 saturated carbocycles. The SMILES string of the molecule is CCNC(=NCc1cccnc1OC)NCCSC. The molecule has 6 heteroatoms. The van der Waals surface area contributed by atoms with Crippen molar-refractivity contribution in [2.75, 3.05) is 32.2 Å². The second kappa shape index (κ2) is 9.49. The molecule has 0 radical (unpaired) electrons. The maximum Gasteiger partial charge on any atom is 0.218 e. The number of pyridine rings is 1. The summed E-state index contributed by atoms with van der Waals surface area (Å²) in [6.07, 6.45) is 3.81. The first-order valence-corrected chi connectivity index (χ1v) is 7.70. The van der Waals surface area contributed by atoms with E-state index in [1.54, 1.807) is 25.1 Å². The van der Waals surface area contributed by atoms with Crippen molar-refractivity contribution in [1.29, 1.82) is 0 Å². The molecule has 0 amide bonds. The van der Waals surface area contributed by atoms with Gasteiger partial charge in [-0.05, 0) is 19.2 Å². The van der Waals surface area contributed by atoms with Crippen LogP contribution in [-0.2, 0) is 6.54 Å². The molecule has 0 aliphatic heterocycles. The number of methoxy groups -OCH3 is 1. The number of thioether (sulfide) groups is 1. The third kappa shape index (κ3) is 5.83. The van der Waals surface area contributed by atoms with Crippen molar-refractivity contribution < 1.29 is 4.74 Å². The highest BCUT2D eigenvalue weighted by Gasteiger charge is 2.03. The first kappa shape index (κ1) is 15.6. The average molecular weight is 282 g/mol. The Morgan fingerprint density at radius 3 is 3.00 bits per heavy atom. The highest BCUT2D eigenvalue weighted by molar-refractivity contribution is 7.98. The maximum absolute atomic E-state index is 5.21. The number of ether oxygens (including phenoxy) is 1. The molecule has 0 bridgehead atoms. The van der Waals surface area contributed by atoms with E-state index < -0.39 is 0 Å². The number of aromatic nitrogens is 1. The van der Waals surface area contributed by atoms with Crippen LogP contribution < -0.4 is 15.4 Å². The lowest BCUT2D eigenvalue weighted by Crippen LogP contribution is -2.38. The smallest absolute Gasteiger partial charge is 0.218 e. The van der Waals surface area contributed by atoms with E-state index in [0.717, 1.165) is 30.4 Å². The summed E-state index contributed by atoms with van der Waals surface area (Å²) < 4.78 is 5.21. The second-order valence-electron chi connectivity index (χ2n) is 3.79. The highest BCUT2D eigenvalue weighted by atomic mass is 32.2. The van der Waals surface area contributed by atoms with Crippen LogP contribution in [0.25, 0.3) is 0 Å². The van der Waals surface area contributed by atoms with Crippen LogP contribution in [0.15, 0.2) is 23.3 Å². The molecule has 1 rings (SSSR count). The Bertz CT molecular complexity index is 398. The van der Waals surface area contributed by atoms with Crippen molar-refractivity contribution in [2.45, 2.75) is 13.5 Å². The first-order valence-electron chi connectivity index (χ1n) is 6.30. The summed E-state index contributed by atoms with van der Waals surface area (Å²) in [4.78, 5) is 8.69. The van der Waals surface area contributed by atoms with Crippen molar-refractivity contribution in [3.63, 3.8) is 0 Å². The summed E-state index contributed by atoms with van der Waals surface area (Å²) in [5, 5.41) is 6.50. The zero-order valence-electron chi connectivity index (χ0n) is 11.8. The molecule has 1 heterocycles. The zero-order valence-corrected chi connectivity index (χ0v) is 12.6. The standard InChI is InChI=1S/C13H22N4OS/c1-4-14-13(16-8-9-19-3)17-10-11-6-5-7-15-12(11)18-2/h5-7H,4,8-10H2,1-3H3,(H2,14,16,17). The Hall–Kier alpha value is -1.43. The minimum atomic E-state index is 0.547. The van der Waals surface area contributed by atoms with Crippen LogP contribution in [0.5, 0.6) is 5.88 Å². The predicted octanol–water partition coefficient (Wildman–Crippen LogP) is 1.51. The molecular formula is C13H22N4OS. The van der Waals surface area contributed by atoms with Gasteiger partial charge in [0.05, 0.1) is 13.7 Å². The van der Waals surface area contributed by atoms with Gasteiger partial charge in [-0.3, -0.25) is 0 Å². The lowest BCUT2D eigenvalue weighted by Gasteiger charge is -2.11. The van der Waals surface area contributed by atoms with E-state index in [1.807, 2.05) is 12.1 Å². The van der Waals surface area contributed by atoms with E-state index >= 15 is 0 Å². The third-order valence-corrected chi connectivity index (χ3v) is 3.01. The molecule has 0 aliphatic carbocycles. The van der Waals surface area contributed by atoms with E-state index in [4.69, 9.17) is 4.74 Å². The van der Waals surface area contributed by atoms with Gasteiger partial charge in [-0.2, -0.15) is 11.8 Å². The van der Waals surface area contributed by atoms with Crippen molar-refractivity contribution in [1.82, 2.24) is 15.6 Å². The van der Waals surface area contributed by atoms with E-state index in [0.29, 0.717) is 12.4 Å². The van der Waals surface area contributed by atoms with Gasteiger partial charge < -0.3 is 15.4 Å². The summed E-state index contributed by atoms with van der Waals surface area (Å²) >= 11 is 1.81. The van der Waals surface area contributed by atoms with E-state index in [-0.39, 0.29) is 0 Å². The Labute approximate surface area is 119 Å². The van der Waals surface area contributed by atoms with E-state index in [1.165, 1.54) is 0 Å². The zero-order chi connectivity index (χ0) is 13.9. The molecule has 0 aromatic carbocycles. The molecule has 106 valence electrons. The lowest BCUT2D eigenvalue weighted by molar-refractivity contribution is 0.392. The van der Waals surface area contributed by atoms with Crippen LogP contribution in [0.2, 0.25) is 0 Å². The fourth-order valence-electron chi connectivity index (χ4n) is 1.51. The van der Waals surface area contributed by atoms with Gasteiger partial charge in [0.15, 0.2) is 5.96 Å². The molecule has 5 nitrogen and oxygen atoms in total. The van der Waals surface area contributed by atoms with E-state index in [2.05, 4.69) is 33.8 Å². The summed E-state index contributed by atoms with van der Waals surface area (Å²) in [6.45, 7) is 4.34. The van der Waals surface area contributed by atoms with E-state index in [9.17, 15) is 0 Å². The van der Waals surface area contributed by atoms with Crippen LogP contribution in [0.4, 0.5) is 0 Å². The van der Waals surface area contributed by atoms with Crippen molar-refractivity contribution in [3.8, 4) is 5.88 Å². The maximum atomic E-state index is 5.21. The second-order valence-corrected chi connectivity index (χ2v) is 4.77. The minimum absolute atomic E-state index is 0.547. The van der Waals surface area contributed by atoms with Gasteiger partial charge in [0.2, 0.25) is 5.88 Å². The Morgan fingerprint density at radius 1 is 1.47 bits per heavy atom. The summed E-state index contributed by atoms with van der Waals surface area (Å²) in [5.74, 6) is 2.51. The van der Waals surface area contributed by atoms with Gasteiger partial charge in [-0.15, -0.1) is 0 Å². The molecule has 0 unspecified atom stereocenters. The topological polar surface area (TPSA) is 58.5 Å². The number of hydrogen-bond donors (Lipinski definition) is 2. The molecular weight excluding hydrogens is 260 g/mol. The van der Waals surface area contributed by atoms with Gasteiger partial charge in [0, 0.05) is 30.6 Å². The molecule has 2 N–H and O–H groups in total. The van der Waals surface area contributed by atoms with Crippen LogP contribution in [0.3, 0.4) is 0 Å². The summed E-state index contributed by atoms with van der Waals surface area (Å²) in [7, 11) is 1.62. The van der Waals surface area contributed by atoms with Gasteiger partial charge in [0.25, 0.3) is 0 Å². The van der Waals surface area contributed by atoms with Crippen molar-refractivity contribution in [2.24, 2.45) is 4.99 Å². The van der Waals surface area contributed by atoms with Crippen LogP contribution in [0, 0.1) is 0 Å². The van der Waals surface area contributed by atoms with Gasteiger partial charge in [0.1, 0.15) is 0 Å². The Kier molecular flexibility index (Phi) is 7.81. The fourth-order valence-corrected chi connectivity index (χ4v) is 1.81. The lowest BCUT2D eigenvalue weighted by atomic mass is 10.3. The number of nitrogens with zero attached hydrogens (tertiary/aromatic N) is 2. The third-order valence-electron chi connectivity index (χ3n) is 2.39. The largest absolute Gasteiger partial charge is 0.481 e. The molecule has 1 aromatic rings. The number of hydrogen-bond acceptors (Lipinski definition) is 4. The normalized spacial score (nSPS) is 11.2. The first-order chi connectivity index (χ1) is 9.31. The van der Waals surface area contributed by atoms with Gasteiger partial charge in [-0.25, -0.2) is 9.98 Å². The molecule has 1 aromatic heterocycles. The number of aliphatic imine (C=N–C) groups is 1. The summed E-state index contributed by atoms with van der Waals surface area (Å²) in [6, 6.07) is 3.86. The molecule has 19 heavy (non-hydrogen) atoms. The number of guanidine groups is 1. The van der Waals surface area contributed by atoms with Gasteiger partial charge in [-0.1, -0.05) is 6.07 Å². The highest BCUT2D eigenvalue weighted by Crippen LogP contribution is 2.14. The quantitative estimate of drug-likeness (QED) is 0.451. The molecule has 0 aliphatic rings. The van der Waals surface area contributed by atoms with Crippen LogP contribution >= 0.6 is 11.8 Å². The Balaban J connectivity index is 2.62. The molecule has 0 atom stereocenters. The number of rotatable bonds is 7.